The molecule has 4 heteroatoms. The first-order chi connectivity index (χ1) is 7.76. The molecule has 16 heavy (non-hydrogen) atoms. The molecule has 86 valence electrons. The van der Waals surface area contributed by atoms with Gasteiger partial charge >= 0.3 is 0 Å². The first-order valence-corrected chi connectivity index (χ1v) is 7.35. The fourth-order valence-electron chi connectivity index (χ4n) is 1.84. The summed E-state index contributed by atoms with van der Waals surface area (Å²) in [5.41, 5.74) is 0.783. The van der Waals surface area contributed by atoms with Gasteiger partial charge in [0.2, 0.25) is 0 Å². The van der Waals surface area contributed by atoms with E-state index in [0.717, 1.165) is 23.8 Å². The van der Waals surface area contributed by atoms with Gasteiger partial charge in [-0.25, -0.2) is 0 Å². The highest BCUT2D eigenvalue weighted by Gasteiger charge is 2.32. The van der Waals surface area contributed by atoms with Crippen LogP contribution in [-0.2, 0) is 4.79 Å². The lowest BCUT2D eigenvalue weighted by atomic mass is 10.2. The predicted molar refractivity (Wildman–Crippen MR) is 67.5 cm³/mol. The van der Waals surface area contributed by atoms with Crippen molar-refractivity contribution in [2.75, 3.05) is 17.6 Å². The third-order valence-electron chi connectivity index (χ3n) is 2.75. The van der Waals surface area contributed by atoms with Crippen molar-refractivity contribution < 1.29 is 9.53 Å². The van der Waals surface area contributed by atoms with E-state index in [9.17, 15) is 4.79 Å². The van der Waals surface area contributed by atoms with Crippen LogP contribution in [0.15, 0.2) is 24.3 Å². The van der Waals surface area contributed by atoms with E-state index in [1.165, 1.54) is 0 Å². The van der Waals surface area contributed by atoms with Gasteiger partial charge in [-0.05, 0) is 24.5 Å². The molecule has 1 heterocycles. The lowest BCUT2D eigenvalue weighted by Crippen LogP contribution is -2.36. The number of benzene rings is 1. The molecule has 1 aliphatic rings. The van der Waals surface area contributed by atoms with Gasteiger partial charge < -0.3 is 10.1 Å². The summed E-state index contributed by atoms with van der Waals surface area (Å²) in [6.07, 6.45) is 2.04. The molecule has 0 aromatic heterocycles. The predicted octanol–water partition coefficient (Wildman–Crippen LogP) is 2.87. The molecule has 1 aromatic carbocycles. The Morgan fingerprint density at radius 2 is 2.00 bits per heavy atom. The molecule has 0 fully saturated rings. The summed E-state index contributed by atoms with van der Waals surface area (Å²) in [7, 11) is -0.372. The molecule has 0 spiro atoms. The average molecular weight is 237 g/mol. The number of fused-ring (bicyclic) bond motifs is 1. The van der Waals surface area contributed by atoms with Crippen LogP contribution in [0.4, 0.5) is 5.69 Å². The monoisotopic (exact) mass is 237 g/mol. The number of carbonyl (C=O) groups is 1. The van der Waals surface area contributed by atoms with Crippen LogP contribution in [0, 0.1) is 0 Å². The molecule has 0 saturated heterocycles. The second-order valence-corrected chi connectivity index (χ2v) is 6.59. The quantitative estimate of drug-likeness (QED) is 0.821. The Labute approximate surface area is 96.9 Å². The van der Waals surface area contributed by atoms with Crippen LogP contribution in [0.5, 0.6) is 5.75 Å². The van der Waals surface area contributed by atoms with E-state index in [1.54, 1.807) is 0 Å². The molecule has 0 aliphatic carbocycles. The number of hydrogen-bond acceptors (Lipinski definition) is 2. The van der Waals surface area contributed by atoms with E-state index in [2.05, 4.69) is 19.2 Å². The third-order valence-corrected chi connectivity index (χ3v) is 5.38. The minimum absolute atomic E-state index is 0.00788. The van der Waals surface area contributed by atoms with Crippen LogP contribution < -0.4 is 10.1 Å². The summed E-state index contributed by atoms with van der Waals surface area (Å²) in [5.74, 6) is 0.523. The van der Waals surface area contributed by atoms with E-state index >= 15 is 0 Å². The van der Waals surface area contributed by atoms with Crippen LogP contribution in [0.2, 0.25) is 0 Å². The van der Waals surface area contributed by atoms with Gasteiger partial charge in [0.25, 0.3) is 5.91 Å². The Morgan fingerprint density at radius 1 is 1.31 bits per heavy atom. The van der Waals surface area contributed by atoms with E-state index in [1.807, 2.05) is 24.3 Å². The number of hydrogen-bond donors (Lipinski definition) is 1. The second-order valence-electron chi connectivity index (χ2n) is 3.68. The topological polar surface area (TPSA) is 38.3 Å². The maximum Gasteiger partial charge on any atom is 0.269 e. The van der Waals surface area contributed by atoms with Gasteiger partial charge in [-0.2, -0.15) is 0 Å². The first kappa shape index (κ1) is 11.4. The maximum absolute atomic E-state index is 11.9. The van der Waals surface area contributed by atoms with Gasteiger partial charge in [-0.15, -0.1) is 0 Å². The zero-order valence-corrected chi connectivity index (χ0v) is 10.5. The van der Waals surface area contributed by atoms with E-state index in [0.29, 0.717) is 0 Å². The molecule has 0 saturated carbocycles. The second kappa shape index (κ2) is 4.84. The summed E-state index contributed by atoms with van der Waals surface area (Å²) in [6.45, 7) is 4.23. The van der Waals surface area contributed by atoms with E-state index < -0.39 is 0 Å². The maximum atomic E-state index is 11.9. The minimum Gasteiger partial charge on any atom is -0.474 e. The fourth-order valence-corrected chi connectivity index (χ4v) is 3.61. The summed E-state index contributed by atoms with van der Waals surface area (Å²) in [4.78, 5) is 11.9. The minimum atomic E-state index is -0.372. The van der Waals surface area contributed by atoms with Crippen molar-refractivity contribution in [3.05, 3.63) is 24.3 Å². The highest BCUT2D eigenvalue weighted by molar-refractivity contribution is 7.59. The van der Waals surface area contributed by atoms with Gasteiger partial charge in [0.05, 0.1) is 5.69 Å². The van der Waals surface area contributed by atoms with E-state index in [-0.39, 0.29) is 19.7 Å². The van der Waals surface area contributed by atoms with Gasteiger partial charge in [-0.1, -0.05) is 33.9 Å². The molecule has 1 unspecified atom stereocenters. The van der Waals surface area contributed by atoms with Gasteiger partial charge in [0.15, 0.2) is 5.85 Å². The van der Waals surface area contributed by atoms with Gasteiger partial charge in [-0.3, -0.25) is 4.79 Å². The Hall–Kier alpha value is -1.08. The summed E-state index contributed by atoms with van der Waals surface area (Å²) < 4.78 is 5.80. The summed E-state index contributed by atoms with van der Waals surface area (Å²) >= 11 is 0. The molecule has 1 amide bonds. The molecule has 0 radical (unpaired) electrons. The molecule has 3 nitrogen and oxygen atoms in total. The Balaban J connectivity index is 2.24. The Morgan fingerprint density at radius 3 is 2.69 bits per heavy atom. The van der Waals surface area contributed by atoms with Crippen molar-refractivity contribution >= 4 is 19.5 Å². The SMILES string of the molecule is CCP(CC)C1Oc2ccccc2NC1=O. The third kappa shape index (κ3) is 2.05. The lowest BCUT2D eigenvalue weighted by molar-refractivity contribution is -0.120. The zero-order chi connectivity index (χ0) is 11.5. The molecular formula is C12H16NO2P. The number of anilines is 1. The highest BCUT2D eigenvalue weighted by Crippen LogP contribution is 2.45. The molecule has 0 bridgehead atoms. The number of rotatable bonds is 3. The van der Waals surface area contributed by atoms with Crippen molar-refractivity contribution in [3.8, 4) is 5.75 Å². The van der Waals surface area contributed by atoms with Crippen molar-refractivity contribution in [2.45, 2.75) is 19.7 Å². The number of ether oxygens (including phenoxy) is 1. The van der Waals surface area contributed by atoms with Crippen LogP contribution in [-0.4, -0.2) is 24.1 Å². The molecule has 1 aromatic rings. The number of nitrogens with one attached hydrogen (secondary N) is 1. The fraction of sp³-hybridized carbons (Fsp3) is 0.417. The standard InChI is InChI=1S/C12H16NO2P/c1-3-16(4-2)12-11(14)13-9-7-5-6-8-10(9)15-12/h5-8,12H,3-4H2,1-2H3,(H,13,14). The van der Waals surface area contributed by atoms with Crippen molar-refractivity contribution in [2.24, 2.45) is 0 Å². The smallest absolute Gasteiger partial charge is 0.269 e. The van der Waals surface area contributed by atoms with Crippen molar-refractivity contribution in [1.82, 2.24) is 0 Å². The van der Waals surface area contributed by atoms with Crippen LogP contribution in [0.25, 0.3) is 0 Å². The number of carbonyl (C=O) groups excluding carboxylic acids is 1. The zero-order valence-electron chi connectivity index (χ0n) is 9.56. The largest absolute Gasteiger partial charge is 0.474 e. The number of amides is 1. The molecule has 1 aliphatic heterocycles. The summed E-state index contributed by atoms with van der Waals surface area (Å²) in [6, 6.07) is 7.59. The van der Waals surface area contributed by atoms with Crippen LogP contribution in [0.3, 0.4) is 0 Å². The number of para-hydroxylation sites is 2. The summed E-state index contributed by atoms with van der Waals surface area (Å²) in [5, 5.41) is 2.91. The Bertz CT molecular complexity index is 390. The van der Waals surface area contributed by atoms with E-state index in [4.69, 9.17) is 4.74 Å². The average Bonchev–Trinajstić information content (AvgIpc) is 2.31. The molecule has 1 N–H and O–H groups in total. The van der Waals surface area contributed by atoms with Gasteiger partial charge in [0.1, 0.15) is 5.75 Å². The first-order valence-electron chi connectivity index (χ1n) is 5.56. The molecule has 2 rings (SSSR count). The molecule has 1 atom stereocenters. The molecular weight excluding hydrogens is 221 g/mol. The highest BCUT2D eigenvalue weighted by atomic mass is 31.1. The van der Waals surface area contributed by atoms with Crippen molar-refractivity contribution in [3.63, 3.8) is 0 Å². The van der Waals surface area contributed by atoms with Gasteiger partial charge in [0, 0.05) is 0 Å². The normalized spacial score (nSPS) is 18.9. The Kier molecular flexibility index (Phi) is 3.45. The van der Waals surface area contributed by atoms with Crippen molar-refractivity contribution in [1.29, 1.82) is 0 Å². The van der Waals surface area contributed by atoms with Crippen LogP contribution >= 0.6 is 7.92 Å². The lowest BCUT2D eigenvalue weighted by Gasteiger charge is -2.30. The van der Waals surface area contributed by atoms with Crippen LogP contribution in [0.1, 0.15) is 13.8 Å².